The first-order valence-corrected chi connectivity index (χ1v) is 16.4. The molecule has 244 valence electrons. The summed E-state index contributed by atoms with van der Waals surface area (Å²) < 4.78 is 37.1. The molecule has 0 radical (unpaired) electrons. The van der Waals surface area contributed by atoms with Gasteiger partial charge in [-0.3, -0.25) is 4.79 Å². The molecule has 0 bridgehead atoms. The third-order valence-electron chi connectivity index (χ3n) is 9.92. The second kappa shape index (κ2) is 12.9. The minimum absolute atomic E-state index is 0.0270. The number of hydrogen-bond donors (Lipinski definition) is 0. The maximum atomic E-state index is 16.9. The second-order valence-corrected chi connectivity index (χ2v) is 13.1. The molecule has 2 saturated heterocycles. The zero-order valence-electron chi connectivity index (χ0n) is 26.7. The van der Waals surface area contributed by atoms with E-state index in [1.165, 1.54) is 17.7 Å². The molecule has 2 aliphatic heterocycles. The number of benzene rings is 3. The van der Waals surface area contributed by atoms with Crippen LogP contribution in [0.2, 0.25) is 0 Å². The number of carbonyl (C=O) groups is 1. The predicted octanol–water partition coefficient (Wildman–Crippen LogP) is 6.24. The molecule has 1 atom stereocenters. The van der Waals surface area contributed by atoms with E-state index in [0.29, 0.717) is 34.5 Å². The molecule has 3 aromatic carbocycles. The molecule has 48 heavy (non-hydrogen) atoms. The summed E-state index contributed by atoms with van der Waals surface area (Å²) in [6, 6.07) is 14.3. The van der Waals surface area contributed by atoms with Gasteiger partial charge in [0.1, 0.15) is 17.4 Å². The molecule has 1 amide bonds. The number of ether oxygens (including phenoxy) is 1. The highest BCUT2D eigenvalue weighted by atomic mass is 19.1. The van der Waals surface area contributed by atoms with Gasteiger partial charge in [0.05, 0.1) is 6.61 Å². The lowest BCUT2D eigenvalue weighted by Crippen LogP contribution is -2.56. The summed E-state index contributed by atoms with van der Waals surface area (Å²) in [4.78, 5) is 31.3. The number of piperazine rings is 1. The normalized spacial score (nSPS) is 18.9. The molecule has 3 fully saturated rings. The number of terminal acetylenes is 1. The lowest BCUT2D eigenvalue weighted by Gasteiger charge is -2.39. The Labute approximate surface area is 278 Å². The largest absolute Gasteiger partial charge is 0.463 e. The number of aromatic nitrogens is 2. The summed E-state index contributed by atoms with van der Waals surface area (Å²) in [7, 11) is 0. The SMILES string of the molecule is [C-]#[N+]C[C@H]1CN(c2nc(OCC3(CN4CCCC4)CC3)nc3c(F)c(-c4cccc5cccc(C#C)c45)ccc23)CCN1C(=O)C(=C)F. The molecule has 4 aromatic rings. The number of carbonyl (C=O) groups excluding carboxylic acids is 1. The first-order valence-electron chi connectivity index (χ1n) is 16.4. The van der Waals surface area contributed by atoms with Crippen molar-refractivity contribution in [1.29, 1.82) is 0 Å². The number of likely N-dealkylation sites (tertiary alicyclic amines) is 1. The van der Waals surface area contributed by atoms with E-state index in [1.807, 2.05) is 41.3 Å². The first kappa shape index (κ1) is 31.5. The Hall–Kier alpha value is -5.06. The van der Waals surface area contributed by atoms with E-state index < -0.39 is 23.6 Å². The van der Waals surface area contributed by atoms with Crippen molar-refractivity contribution >= 4 is 33.4 Å². The van der Waals surface area contributed by atoms with Gasteiger partial charge in [0.2, 0.25) is 6.54 Å². The van der Waals surface area contributed by atoms with Crippen molar-refractivity contribution < 1.29 is 18.3 Å². The topological polar surface area (TPSA) is 66.2 Å². The van der Waals surface area contributed by atoms with E-state index in [1.54, 1.807) is 12.1 Å². The quantitative estimate of drug-likeness (QED) is 0.122. The van der Waals surface area contributed by atoms with Crippen molar-refractivity contribution in [3.63, 3.8) is 0 Å². The molecule has 0 spiro atoms. The van der Waals surface area contributed by atoms with Crippen molar-refractivity contribution in [3.05, 3.63) is 83.7 Å². The fourth-order valence-corrected chi connectivity index (χ4v) is 7.22. The van der Waals surface area contributed by atoms with Crippen LogP contribution in [0, 0.1) is 30.1 Å². The number of rotatable bonds is 9. The highest BCUT2D eigenvalue weighted by molar-refractivity contribution is 6.03. The first-order chi connectivity index (χ1) is 23.3. The van der Waals surface area contributed by atoms with Crippen molar-refractivity contribution in [2.45, 2.75) is 31.7 Å². The Kier molecular flexibility index (Phi) is 8.45. The van der Waals surface area contributed by atoms with E-state index in [4.69, 9.17) is 22.7 Å². The summed E-state index contributed by atoms with van der Waals surface area (Å²) >= 11 is 0. The van der Waals surface area contributed by atoms with Crippen LogP contribution in [0.3, 0.4) is 0 Å². The van der Waals surface area contributed by atoms with Crippen LogP contribution in [0.4, 0.5) is 14.6 Å². The molecular weight excluding hydrogens is 610 g/mol. The summed E-state index contributed by atoms with van der Waals surface area (Å²) in [5.74, 6) is 0.749. The van der Waals surface area contributed by atoms with Crippen molar-refractivity contribution in [2.24, 2.45) is 5.41 Å². The Balaban J connectivity index is 1.30. The molecule has 8 nitrogen and oxygen atoms in total. The fraction of sp³-hybridized carbons (Fsp3) is 0.368. The second-order valence-electron chi connectivity index (χ2n) is 13.1. The molecule has 1 saturated carbocycles. The minimum Gasteiger partial charge on any atom is -0.463 e. The van der Waals surface area contributed by atoms with Gasteiger partial charge in [-0.25, -0.2) is 15.4 Å². The van der Waals surface area contributed by atoms with Crippen LogP contribution >= 0.6 is 0 Å². The van der Waals surface area contributed by atoms with Crippen LogP contribution in [0.15, 0.2) is 60.9 Å². The molecular formula is C38H36F2N6O2. The summed E-state index contributed by atoms with van der Waals surface area (Å²) in [5, 5.41) is 2.15. The number of nitrogens with zero attached hydrogens (tertiary/aromatic N) is 6. The summed E-state index contributed by atoms with van der Waals surface area (Å²) in [6.07, 6.45) is 10.4. The number of hydrogen-bond acceptors (Lipinski definition) is 6. The van der Waals surface area contributed by atoms with E-state index in [2.05, 4.69) is 27.2 Å². The smallest absolute Gasteiger partial charge is 0.319 e. The van der Waals surface area contributed by atoms with E-state index in [0.717, 1.165) is 43.2 Å². The van der Waals surface area contributed by atoms with Gasteiger partial charge in [-0.2, -0.15) is 9.97 Å². The average Bonchev–Trinajstić information content (AvgIpc) is 3.67. The number of fused-ring (bicyclic) bond motifs is 2. The minimum atomic E-state index is -1.07. The van der Waals surface area contributed by atoms with Gasteiger partial charge in [-0.15, -0.1) is 6.42 Å². The van der Waals surface area contributed by atoms with Crippen molar-refractivity contribution in [2.75, 3.05) is 57.3 Å². The molecule has 1 aliphatic carbocycles. The molecule has 3 aliphatic rings. The fourth-order valence-electron chi connectivity index (χ4n) is 7.22. The maximum absolute atomic E-state index is 16.9. The van der Waals surface area contributed by atoms with Gasteiger partial charge in [0, 0.05) is 53.5 Å². The van der Waals surface area contributed by atoms with Gasteiger partial charge in [-0.05, 0) is 61.9 Å². The Morgan fingerprint density at radius 1 is 1.08 bits per heavy atom. The van der Waals surface area contributed by atoms with Crippen LogP contribution in [-0.4, -0.2) is 84.1 Å². The Morgan fingerprint density at radius 2 is 1.85 bits per heavy atom. The van der Waals surface area contributed by atoms with Crippen molar-refractivity contribution in [3.8, 4) is 29.5 Å². The number of amides is 1. The monoisotopic (exact) mass is 646 g/mol. The van der Waals surface area contributed by atoms with Crippen molar-refractivity contribution in [1.82, 2.24) is 19.8 Å². The van der Waals surface area contributed by atoms with Crippen LogP contribution in [0.5, 0.6) is 6.01 Å². The van der Waals surface area contributed by atoms with Gasteiger partial charge in [-0.1, -0.05) is 48.9 Å². The Morgan fingerprint density at radius 3 is 2.56 bits per heavy atom. The number of halogens is 2. The third-order valence-corrected chi connectivity index (χ3v) is 9.92. The Bertz CT molecular complexity index is 2000. The van der Waals surface area contributed by atoms with E-state index >= 15 is 4.39 Å². The maximum Gasteiger partial charge on any atom is 0.319 e. The number of anilines is 1. The van der Waals surface area contributed by atoms with E-state index in [9.17, 15) is 9.18 Å². The predicted molar refractivity (Wildman–Crippen MR) is 183 cm³/mol. The molecule has 3 heterocycles. The third kappa shape index (κ3) is 5.93. The lowest BCUT2D eigenvalue weighted by molar-refractivity contribution is -0.131. The van der Waals surface area contributed by atoms with E-state index in [-0.39, 0.29) is 43.1 Å². The van der Waals surface area contributed by atoms with Crippen LogP contribution in [0.1, 0.15) is 31.2 Å². The highest BCUT2D eigenvalue weighted by Crippen LogP contribution is 2.47. The highest BCUT2D eigenvalue weighted by Gasteiger charge is 2.45. The summed E-state index contributed by atoms with van der Waals surface area (Å²) in [5.41, 5.74) is 1.80. The molecule has 1 aromatic heterocycles. The van der Waals surface area contributed by atoms with Crippen LogP contribution in [0.25, 0.3) is 37.6 Å². The molecule has 10 heteroatoms. The summed E-state index contributed by atoms with van der Waals surface area (Å²) in [6.45, 7) is 14.8. The van der Waals surface area contributed by atoms with Gasteiger partial charge >= 0.3 is 6.01 Å². The average molecular weight is 647 g/mol. The lowest BCUT2D eigenvalue weighted by atomic mass is 9.94. The van der Waals surface area contributed by atoms with Gasteiger partial charge in [0.15, 0.2) is 11.6 Å². The van der Waals surface area contributed by atoms with Crippen LogP contribution in [-0.2, 0) is 4.79 Å². The molecule has 7 rings (SSSR count). The van der Waals surface area contributed by atoms with Crippen LogP contribution < -0.4 is 9.64 Å². The van der Waals surface area contributed by atoms with Gasteiger partial charge in [0.25, 0.3) is 5.91 Å². The van der Waals surface area contributed by atoms with Gasteiger partial charge < -0.3 is 24.3 Å². The standard InChI is InChI=1S/C38H36F2N6O2/c1-4-26-9-7-10-27-11-8-12-29(32(26)27)30-13-14-31-34(33(30)40)42-37(48-24-38(15-16-38)23-44-17-5-6-18-44)43-35(31)45-19-20-46(36(47)25(2)39)28(22-45)21-41-3/h1,7-14,28H,2,5-6,15-24H2/t28-/m0/s1. The zero-order valence-corrected chi connectivity index (χ0v) is 26.7. The zero-order chi connectivity index (χ0) is 33.4. The molecule has 0 unspecified atom stereocenters. The molecule has 0 N–H and O–H groups in total.